The second-order valence-electron chi connectivity index (χ2n) is 4.40. The van der Waals surface area contributed by atoms with Crippen molar-refractivity contribution in [2.24, 2.45) is 0 Å². The molecule has 0 amide bonds. The molecule has 0 N–H and O–H groups in total. The molecule has 0 radical (unpaired) electrons. The van der Waals surface area contributed by atoms with Crippen molar-refractivity contribution in [3.63, 3.8) is 0 Å². The van der Waals surface area contributed by atoms with Crippen LogP contribution in [0.4, 0.5) is 0 Å². The third-order valence-corrected chi connectivity index (χ3v) is 4.55. The molecule has 92 valence electrons. The second kappa shape index (κ2) is 5.58. The van der Waals surface area contributed by atoms with Crippen molar-refractivity contribution in [1.29, 1.82) is 0 Å². The number of aryl methyl sites for hydroxylation is 1. The molecule has 1 atom stereocenters. The van der Waals surface area contributed by atoms with E-state index in [1.807, 2.05) is 25.1 Å². The minimum absolute atomic E-state index is 0.163. The zero-order valence-electron chi connectivity index (χ0n) is 10.4. The molecule has 2 nitrogen and oxygen atoms in total. The van der Waals surface area contributed by atoms with Crippen molar-refractivity contribution in [3.8, 4) is 5.75 Å². The van der Waals surface area contributed by atoms with Crippen LogP contribution in [-0.2, 0) is 0 Å². The summed E-state index contributed by atoms with van der Waals surface area (Å²) in [5, 5.41) is 0.163. The first kappa shape index (κ1) is 12.5. The fraction of sp³-hybridized carbons (Fsp3) is 0.500. The van der Waals surface area contributed by atoms with E-state index in [2.05, 4.69) is 0 Å². The standard InChI is InChI=1S/C14H18O2S/c1-10-9-11(16-2)6-7-12(10)14(15)13-5-3-4-8-17-13/h6-7,9,13H,3-5,8H2,1-2H3. The molecule has 1 aromatic carbocycles. The van der Waals surface area contributed by atoms with Gasteiger partial charge in [0, 0.05) is 5.56 Å². The Hall–Kier alpha value is -0.960. The number of hydrogen-bond acceptors (Lipinski definition) is 3. The van der Waals surface area contributed by atoms with Gasteiger partial charge in [-0.15, -0.1) is 0 Å². The average molecular weight is 250 g/mol. The van der Waals surface area contributed by atoms with Gasteiger partial charge in [-0.25, -0.2) is 0 Å². The van der Waals surface area contributed by atoms with Crippen LogP contribution in [0, 0.1) is 6.92 Å². The number of ether oxygens (including phenoxy) is 1. The molecule has 0 aromatic heterocycles. The van der Waals surface area contributed by atoms with Crippen LogP contribution >= 0.6 is 11.8 Å². The summed E-state index contributed by atoms with van der Waals surface area (Å²) in [7, 11) is 1.65. The summed E-state index contributed by atoms with van der Waals surface area (Å²) < 4.78 is 5.16. The molecule has 0 aliphatic carbocycles. The summed E-state index contributed by atoms with van der Waals surface area (Å²) in [6.45, 7) is 1.98. The van der Waals surface area contributed by atoms with Crippen LogP contribution in [-0.4, -0.2) is 23.9 Å². The van der Waals surface area contributed by atoms with Crippen molar-refractivity contribution in [2.75, 3.05) is 12.9 Å². The van der Waals surface area contributed by atoms with Gasteiger partial charge in [0.1, 0.15) is 5.75 Å². The maximum Gasteiger partial charge on any atom is 0.176 e. The van der Waals surface area contributed by atoms with E-state index in [4.69, 9.17) is 4.74 Å². The van der Waals surface area contributed by atoms with Crippen LogP contribution in [0.3, 0.4) is 0 Å². The Bertz CT molecular complexity index is 409. The molecule has 0 spiro atoms. The smallest absolute Gasteiger partial charge is 0.176 e. The monoisotopic (exact) mass is 250 g/mol. The van der Waals surface area contributed by atoms with Crippen molar-refractivity contribution >= 4 is 17.5 Å². The molecule has 1 fully saturated rings. The summed E-state index contributed by atoms with van der Waals surface area (Å²) in [5.74, 6) is 2.22. The van der Waals surface area contributed by atoms with Gasteiger partial charge in [-0.3, -0.25) is 4.79 Å². The van der Waals surface area contributed by atoms with Crippen LogP contribution in [0.25, 0.3) is 0 Å². The molecule has 1 saturated heterocycles. The summed E-state index contributed by atoms with van der Waals surface area (Å²) in [5.41, 5.74) is 1.87. The summed E-state index contributed by atoms with van der Waals surface area (Å²) in [6.07, 6.45) is 3.45. The lowest BCUT2D eigenvalue weighted by Gasteiger charge is -2.20. The molecule has 3 heteroatoms. The minimum Gasteiger partial charge on any atom is -0.497 e. The highest BCUT2D eigenvalue weighted by molar-refractivity contribution is 8.00. The van der Waals surface area contributed by atoms with Crippen molar-refractivity contribution < 1.29 is 9.53 Å². The summed E-state index contributed by atoms with van der Waals surface area (Å²) in [6, 6.07) is 5.69. The van der Waals surface area contributed by atoms with Gasteiger partial charge < -0.3 is 4.74 Å². The lowest BCUT2D eigenvalue weighted by molar-refractivity contribution is 0.0984. The Labute approximate surface area is 107 Å². The predicted molar refractivity (Wildman–Crippen MR) is 72.2 cm³/mol. The first-order valence-corrected chi connectivity index (χ1v) is 7.07. The van der Waals surface area contributed by atoms with Gasteiger partial charge in [-0.1, -0.05) is 6.42 Å². The number of benzene rings is 1. The lowest BCUT2D eigenvalue weighted by atomic mass is 9.99. The van der Waals surface area contributed by atoms with E-state index in [9.17, 15) is 4.79 Å². The quantitative estimate of drug-likeness (QED) is 0.768. The Morgan fingerprint density at radius 2 is 2.24 bits per heavy atom. The molecule has 1 aliphatic rings. The van der Waals surface area contributed by atoms with Crippen LogP contribution in [0.15, 0.2) is 18.2 Å². The predicted octanol–water partition coefficient (Wildman–Crippen LogP) is 3.47. The topological polar surface area (TPSA) is 26.3 Å². The molecular weight excluding hydrogens is 232 g/mol. The van der Waals surface area contributed by atoms with E-state index < -0.39 is 0 Å². The highest BCUT2D eigenvalue weighted by Crippen LogP contribution is 2.29. The fourth-order valence-corrected chi connectivity index (χ4v) is 3.43. The van der Waals surface area contributed by atoms with Gasteiger partial charge in [-0.05, 0) is 49.3 Å². The van der Waals surface area contributed by atoms with Crippen LogP contribution in [0.2, 0.25) is 0 Å². The minimum atomic E-state index is 0.163. The van der Waals surface area contributed by atoms with Crippen molar-refractivity contribution in [1.82, 2.24) is 0 Å². The van der Waals surface area contributed by atoms with Gasteiger partial charge in [-0.2, -0.15) is 11.8 Å². The number of carbonyl (C=O) groups is 1. The molecule has 1 aromatic rings. The van der Waals surface area contributed by atoms with Crippen molar-refractivity contribution in [3.05, 3.63) is 29.3 Å². The number of rotatable bonds is 3. The van der Waals surface area contributed by atoms with Gasteiger partial charge in [0.2, 0.25) is 0 Å². The van der Waals surface area contributed by atoms with E-state index in [0.717, 1.165) is 29.1 Å². The number of ketones is 1. The van der Waals surface area contributed by atoms with E-state index in [1.165, 1.54) is 12.8 Å². The van der Waals surface area contributed by atoms with Gasteiger partial charge in [0.05, 0.1) is 12.4 Å². The Morgan fingerprint density at radius 3 is 2.82 bits per heavy atom. The largest absolute Gasteiger partial charge is 0.497 e. The number of methoxy groups -OCH3 is 1. The Kier molecular flexibility index (Phi) is 4.11. The van der Waals surface area contributed by atoms with E-state index in [1.54, 1.807) is 18.9 Å². The molecule has 2 rings (SSSR count). The summed E-state index contributed by atoms with van der Waals surface area (Å²) in [4.78, 5) is 12.4. The maximum absolute atomic E-state index is 12.4. The maximum atomic E-state index is 12.4. The summed E-state index contributed by atoms with van der Waals surface area (Å²) >= 11 is 1.80. The number of thioether (sulfide) groups is 1. The van der Waals surface area contributed by atoms with Crippen LogP contribution in [0.5, 0.6) is 5.75 Å². The highest BCUT2D eigenvalue weighted by Gasteiger charge is 2.24. The Morgan fingerprint density at radius 1 is 1.41 bits per heavy atom. The zero-order chi connectivity index (χ0) is 12.3. The first-order valence-electron chi connectivity index (χ1n) is 6.03. The molecular formula is C14H18O2S. The van der Waals surface area contributed by atoms with Crippen LogP contribution in [0.1, 0.15) is 35.2 Å². The molecule has 0 saturated carbocycles. The normalized spacial score (nSPS) is 20.0. The molecule has 1 heterocycles. The molecule has 0 bridgehead atoms. The van der Waals surface area contributed by atoms with Gasteiger partial charge >= 0.3 is 0 Å². The average Bonchev–Trinajstić information content (AvgIpc) is 2.39. The molecule has 17 heavy (non-hydrogen) atoms. The highest BCUT2D eigenvalue weighted by atomic mass is 32.2. The van der Waals surface area contributed by atoms with Gasteiger partial charge in [0.25, 0.3) is 0 Å². The number of carbonyl (C=O) groups excluding carboxylic acids is 1. The van der Waals surface area contributed by atoms with Gasteiger partial charge in [0.15, 0.2) is 5.78 Å². The number of Topliss-reactive ketones (excluding diaryl/α,β-unsaturated/α-hetero) is 1. The van der Waals surface area contributed by atoms with E-state index in [0.29, 0.717) is 0 Å². The first-order chi connectivity index (χ1) is 8.22. The molecule has 1 aliphatic heterocycles. The Balaban J connectivity index is 2.18. The van der Waals surface area contributed by atoms with E-state index in [-0.39, 0.29) is 11.0 Å². The van der Waals surface area contributed by atoms with E-state index >= 15 is 0 Å². The zero-order valence-corrected chi connectivity index (χ0v) is 11.2. The third kappa shape index (κ3) is 2.83. The van der Waals surface area contributed by atoms with Crippen molar-refractivity contribution in [2.45, 2.75) is 31.4 Å². The second-order valence-corrected chi connectivity index (χ2v) is 5.71. The third-order valence-electron chi connectivity index (χ3n) is 3.17. The van der Waals surface area contributed by atoms with Crippen LogP contribution < -0.4 is 4.74 Å². The number of hydrogen-bond donors (Lipinski definition) is 0. The fourth-order valence-electron chi connectivity index (χ4n) is 2.16. The lowest BCUT2D eigenvalue weighted by Crippen LogP contribution is -2.21. The SMILES string of the molecule is COc1ccc(C(=O)C2CCCCS2)c(C)c1. The molecule has 1 unspecified atom stereocenters.